The number of hydrogen-bond acceptors (Lipinski definition) is 3. The van der Waals surface area contributed by atoms with Crippen molar-refractivity contribution in [1.82, 2.24) is 4.98 Å². The zero-order valence-electron chi connectivity index (χ0n) is 19.7. The Morgan fingerprint density at radius 1 is 0.842 bits per heavy atom. The van der Waals surface area contributed by atoms with Gasteiger partial charge in [-0.3, -0.25) is 9.78 Å². The van der Waals surface area contributed by atoms with Gasteiger partial charge in [-0.2, -0.15) is 13.2 Å². The molecule has 0 unspecified atom stereocenters. The summed E-state index contributed by atoms with van der Waals surface area (Å²) in [5.41, 5.74) is 1.94. The van der Waals surface area contributed by atoms with Crippen LogP contribution in [0.5, 0.6) is 0 Å². The van der Waals surface area contributed by atoms with Crippen LogP contribution in [0.15, 0.2) is 91.1 Å². The molecule has 1 aromatic heterocycles. The Kier molecular flexibility index (Phi) is 6.63. The first-order valence-corrected chi connectivity index (χ1v) is 11.6. The summed E-state index contributed by atoms with van der Waals surface area (Å²) >= 11 is 0. The SMILES string of the molecule is O=Cc1ccccc1-c1cnc2c(C(F)(F)F)cccc2c1-c1cccc(NCc2cc(F)ccc2F)c1. The minimum atomic E-state index is -4.62. The standard InChI is InChI=1S/C30H19F5N2O/c31-21-11-12-27(32)20(13-21)15-36-22-7-3-6-18(14-22)28-24-9-4-10-26(30(33,34)35)29(24)37-16-25(28)23-8-2-1-5-19(23)17-38/h1-14,16-17,36H,15H2. The topological polar surface area (TPSA) is 42.0 Å². The Balaban J connectivity index is 1.69. The first kappa shape index (κ1) is 25.1. The van der Waals surface area contributed by atoms with Crippen LogP contribution in [0.4, 0.5) is 27.6 Å². The van der Waals surface area contributed by atoms with Gasteiger partial charge in [-0.1, -0.05) is 48.5 Å². The fourth-order valence-corrected chi connectivity index (χ4v) is 4.47. The van der Waals surface area contributed by atoms with E-state index in [0.29, 0.717) is 39.8 Å². The number of carbonyl (C=O) groups is 1. The van der Waals surface area contributed by atoms with Crippen molar-refractivity contribution < 1.29 is 26.7 Å². The van der Waals surface area contributed by atoms with Gasteiger partial charge in [-0.05, 0) is 47.5 Å². The third-order valence-corrected chi connectivity index (χ3v) is 6.22. The second kappa shape index (κ2) is 10.0. The lowest BCUT2D eigenvalue weighted by Crippen LogP contribution is -2.07. The molecule has 4 aromatic carbocycles. The van der Waals surface area contributed by atoms with Gasteiger partial charge in [0.15, 0.2) is 6.29 Å². The number of nitrogens with one attached hydrogen (secondary N) is 1. The largest absolute Gasteiger partial charge is 0.418 e. The molecule has 0 saturated carbocycles. The van der Waals surface area contributed by atoms with Gasteiger partial charge in [-0.25, -0.2) is 8.78 Å². The number of carbonyl (C=O) groups excluding carboxylic acids is 1. The third kappa shape index (κ3) is 4.85. The van der Waals surface area contributed by atoms with Gasteiger partial charge in [0.1, 0.15) is 11.6 Å². The molecule has 0 bridgehead atoms. The molecular weight excluding hydrogens is 499 g/mol. The monoisotopic (exact) mass is 518 g/mol. The summed E-state index contributed by atoms with van der Waals surface area (Å²) in [5, 5.41) is 3.30. The predicted molar refractivity (Wildman–Crippen MR) is 137 cm³/mol. The molecule has 0 aliphatic rings. The molecule has 0 spiro atoms. The van der Waals surface area contributed by atoms with E-state index in [0.717, 1.165) is 24.3 Å². The number of fused-ring (bicyclic) bond motifs is 1. The molecule has 5 rings (SSSR count). The van der Waals surface area contributed by atoms with E-state index in [1.807, 2.05) is 0 Å². The summed E-state index contributed by atoms with van der Waals surface area (Å²) in [5.74, 6) is -1.14. The molecule has 0 fully saturated rings. The summed E-state index contributed by atoms with van der Waals surface area (Å²) in [6.45, 7) is -0.0107. The van der Waals surface area contributed by atoms with Crippen LogP contribution in [0.25, 0.3) is 33.2 Å². The number of nitrogens with zero attached hydrogens (tertiary/aromatic N) is 1. The quantitative estimate of drug-likeness (QED) is 0.182. The number of alkyl halides is 3. The highest BCUT2D eigenvalue weighted by Gasteiger charge is 2.34. The van der Waals surface area contributed by atoms with Crippen LogP contribution in [0, 0.1) is 11.6 Å². The second-order valence-electron chi connectivity index (χ2n) is 8.62. The van der Waals surface area contributed by atoms with Gasteiger partial charge in [0.2, 0.25) is 0 Å². The number of hydrogen-bond donors (Lipinski definition) is 1. The molecule has 3 nitrogen and oxygen atoms in total. The van der Waals surface area contributed by atoms with Crippen LogP contribution >= 0.6 is 0 Å². The molecule has 5 aromatic rings. The highest BCUT2D eigenvalue weighted by molar-refractivity contribution is 6.05. The maximum atomic E-state index is 14.1. The Morgan fingerprint density at radius 3 is 2.42 bits per heavy atom. The number of anilines is 1. The minimum absolute atomic E-state index is 0.0107. The Bertz CT molecular complexity index is 1660. The number of pyridine rings is 1. The number of rotatable bonds is 6. The van der Waals surface area contributed by atoms with Crippen molar-refractivity contribution >= 4 is 22.9 Å². The lowest BCUT2D eigenvalue weighted by molar-refractivity contribution is -0.136. The van der Waals surface area contributed by atoms with Crippen LogP contribution in [0.3, 0.4) is 0 Å². The maximum Gasteiger partial charge on any atom is 0.418 e. The molecule has 0 aliphatic carbocycles. The van der Waals surface area contributed by atoms with E-state index in [9.17, 15) is 26.7 Å². The molecule has 1 heterocycles. The molecule has 0 radical (unpaired) electrons. The van der Waals surface area contributed by atoms with Crippen molar-refractivity contribution in [3.8, 4) is 22.3 Å². The second-order valence-corrected chi connectivity index (χ2v) is 8.62. The zero-order chi connectivity index (χ0) is 26.9. The smallest absolute Gasteiger partial charge is 0.381 e. The van der Waals surface area contributed by atoms with E-state index in [2.05, 4.69) is 10.3 Å². The Labute approximate surface area is 214 Å². The summed E-state index contributed by atoms with van der Waals surface area (Å²) in [7, 11) is 0. The molecule has 38 heavy (non-hydrogen) atoms. The van der Waals surface area contributed by atoms with E-state index in [4.69, 9.17) is 0 Å². The number of benzene rings is 4. The van der Waals surface area contributed by atoms with Crippen LogP contribution in [-0.2, 0) is 12.7 Å². The summed E-state index contributed by atoms with van der Waals surface area (Å²) in [4.78, 5) is 16.0. The Morgan fingerprint density at radius 2 is 1.63 bits per heavy atom. The van der Waals surface area contributed by atoms with Crippen molar-refractivity contribution in [2.45, 2.75) is 12.7 Å². The molecule has 0 amide bonds. The summed E-state index contributed by atoms with van der Waals surface area (Å²) < 4.78 is 69.2. The average Bonchev–Trinajstić information content (AvgIpc) is 2.92. The third-order valence-electron chi connectivity index (χ3n) is 6.22. The van der Waals surface area contributed by atoms with E-state index in [-0.39, 0.29) is 23.0 Å². The van der Waals surface area contributed by atoms with Crippen LogP contribution in [-0.4, -0.2) is 11.3 Å². The zero-order valence-corrected chi connectivity index (χ0v) is 19.7. The number of aromatic nitrogens is 1. The fraction of sp³-hybridized carbons (Fsp3) is 0.0667. The van der Waals surface area contributed by atoms with Crippen molar-refractivity contribution in [2.24, 2.45) is 0 Å². The summed E-state index contributed by atoms with van der Waals surface area (Å²) in [6, 6.07) is 20.6. The molecule has 0 saturated heterocycles. The Hall–Kier alpha value is -4.59. The normalized spacial score (nSPS) is 11.5. The van der Waals surface area contributed by atoms with Gasteiger partial charge >= 0.3 is 6.18 Å². The number of halogens is 5. The van der Waals surface area contributed by atoms with Crippen molar-refractivity contribution in [1.29, 1.82) is 0 Å². The van der Waals surface area contributed by atoms with Gasteiger partial charge < -0.3 is 5.32 Å². The van der Waals surface area contributed by atoms with Crippen molar-refractivity contribution in [3.63, 3.8) is 0 Å². The molecule has 0 aliphatic heterocycles. The molecule has 190 valence electrons. The van der Waals surface area contributed by atoms with Crippen LogP contribution < -0.4 is 5.32 Å². The van der Waals surface area contributed by atoms with Gasteiger partial charge in [0.25, 0.3) is 0 Å². The van der Waals surface area contributed by atoms with Gasteiger partial charge in [0, 0.05) is 46.1 Å². The molecule has 1 N–H and O–H groups in total. The maximum absolute atomic E-state index is 14.1. The highest BCUT2D eigenvalue weighted by atomic mass is 19.4. The molecule has 8 heteroatoms. The van der Waals surface area contributed by atoms with E-state index < -0.39 is 23.4 Å². The number of aldehydes is 1. The van der Waals surface area contributed by atoms with Gasteiger partial charge in [0.05, 0.1) is 11.1 Å². The van der Waals surface area contributed by atoms with Gasteiger partial charge in [-0.15, -0.1) is 0 Å². The first-order valence-electron chi connectivity index (χ1n) is 11.6. The number of para-hydroxylation sites is 1. The molecule has 0 atom stereocenters. The average molecular weight is 518 g/mol. The van der Waals surface area contributed by atoms with Crippen molar-refractivity contribution in [2.75, 3.05) is 5.32 Å². The first-order chi connectivity index (χ1) is 18.3. The lowest BCUT2D eigenvalue weighted by atomic mass is 9.89. The van der Waals surface area contributed by atoms with E-state index in [1.54, 1.807) is 54.6 Å². The fourth-order valence-electron chi connectivity index (χ4n) is 4.47. The highest BCUT2D eigenvalue weighted by Crippen LogP contribution is 2.42. The van der Waals surface area contributed by atoms with Crippen LogP contribution in [0.2, 0.25) is 0 Å². The van der Waals surface area contributed by atoms with Crippen molar-refractivity contribution in [3.05, 3.63) is 119 Å². The van der Waals surface area contributed by atoms with E-state index >= 15 is 0 Å². The van der Waals surface area contributed by atoms with E-state index in [1.165, 1.54) is 12.3 Å². The summed E-state index contributed by atoms with van der Waals surface area (Å²) in [6.07, 6.45) is -2.59. The minimum Gasteiger partial charge on any atom is -0.381 e. The lowest BCUT2D eigenvalue weighted by Gasteiger charge is -2.18. The molecular formula is C30H19F5N2O. The predicted octanol–water partition coefficient (Wildman–Crippen LogP) is 8.29. The van der Waals surface area contributed by atoms with Crippen LogP contribution in [0.1, 0.15) is 21.5 Å².